The van der Waals surface area contributed by atoms with Crippen LogP contribution in [0.25, 0.3) is 0 Å². The van der Waals surface area contributed by atoms with Crippen LogP contribution in [-0.2, 0) is 4.74 Å². The Bertz CT molecular complexity index is 446. The van der Waals surface area contributed by atoms with E-state index in [-0.39, 0.29) is 29.1 Å². The Morgan fingerprint density at radius 3 is 2.50 bits per heavy atom. The van der Waals surface area contributed by atoms with Crippen LogP contribution in [0.15, 0.2) is 0 Å². The first kappa shape index (κ1) is 12.0. The van der Waals surface area contributed by atoms with Gasteiger partial charge in [0.25, 0.3) is 0 Å². The summed E-state index contributed by atoms with van der Waals surface area (Å²) in [7, 11) is 0. The lowest BCUT2D eigenvalue weighted by Crippen LogP contribution is -2.07. The van der Waals surface area contributed by atoms with Crippen LogP contribution in [-0.4, -0.2) is 34.9 Å². The van der Waals surface area contributed by atoms with Crippen LogP contribution in [0, 0.1) is 6.92 Å². The number of nitrogens with one attached hydrogen (secondary N) is 1. The topological polar surface area (TPSA) is 96.5 Å². The van der Waals surface area contributed by atoms with Crippen molar-refractivity contribution >= 4 is 18.2 Å². The quantitative estimate of drug-likeness (QED) is 0.588. The van der Waals surface area contributed by atoms with Crippen molar-refractivity contribution in [2.75, 3.05) is 6.61 Å². The third kappa shape index (κ3) is 1.95. The minimum absolute atomic E-state index is 0.00125. The zero-order chi connectivity index (χ0) is 12.3. The van der Waals surface area contributed by atoms with Crippen molar-refractivity contribution in [3.05, 3.63) is 22.5 Å². The Morgan fingerprint density at radius 1 is 1.50 bits per heavy atom. The number of aromatic amines is 1. The summed E-state index contributed by atoms with van der Waals surface area (Å²) in [5.41, 5.74) is -0.125. The molecular formula is C10H11NO5. The maximum atomic E-state index is 11.4. The molecule has 0 bridgehead atoms. The van der Waals surface area contributed by atoms with E-state index in [1.54, 1.807) is 6.92 Å². The normalized spacial score (nSPS) is 9.88. The maximum absolute atomic E-state index is 11.4. The molecule has 16 heavy (non-hydrogen) atoms. The van der Waals surface area contributed by atoms with E-state index in [4.69, 9.17) is 9.84 Å². The van der Waals surface area contributed by atoms with Crippen molar-refractivity contribution in [1.29, 1.82) is 0 Å². The molecule has 0 saturated heterocycles. The van der Waals surface area contributed by atoms with Gasteiger partial charge in [-0.3, -0.25) is 4.79 Å². The van der Waals surface area contributed by atoms with E-state index in [1.807, 2.05) is 0 Å². The lowest BCUT2D eigenvalue weighted by Gasteiger charge is -1.99. The summed E-state index contributed by atoms with van der Waals surface area (Å²) < 4.78 is 4.72. The molecule has 0 amide bonds. The largest absolute Gasteiger partial charge is 0.478 e. The van der Waals surface area contributed by atoms with E-state index in [0.29, 0.717) is 6.29 Å². The van der Waals surface area contributed by atoms with Gasteiger partial charge in [-0.15, -0.1) is 0 Å². The van der Waals surface area contributed by atoms with E-state index < -0.39 is 11.9 Å². The summed E-state index contributed by atoms with van der Waals surface area (Å²) in [4.78, 5) is 35.3. The van der Waals surface area contributed by atoms with Gasteiger partial charge in [-0.1, -0.05) is 0 Å². The smallest absolute Gasteiger partial charge is 0.355 e. The van der Waals surface area contributed by atoms with E-state index >= 15 is 0 Å². The molecule has 0 spiro atoms. The van der Waals surface area contributed by atoms with Crippen LogP contribution < -0.4 is 0 Å². The van der Waals surface area contributed by atoms with Gasteiger partial charge in [-0.2, -0.15) is 0 Å². The van der Waals surface area contributed by atoms with Crippen molar-refractivity contribution < 1.29 is 24.2 Å². The molecule has 0 aliphatic carbocycles. The number of ether oxygens (including phenoxy) is 1. The molecule has 0 radical (unpaired) electrons. The van der Waals surface area contributed by atoms with E-state index in [9.17, 15) is 14.4 Å². The van der Waals surface area contributed by atoms with Gasteiger partial charge in [0.1, 0.15) is 5.69 Å². The number of aromatic nitrogens is 1. The fourth-order valence-corrected chi connectivity index (χ4v) is 1.39. The maximum Gasteiger partial charge on any atom is 0.355 e. The molecule has 1 heterocycles. The molecule has 1 aromatic rings. The van der Waals surface area contributed by atoms with Crippen molar-refractivity contribution in [3.63, 3.8) is 0 Å². The van der Waals surface area contributed by atoms with Crippen LogP contribution in [0.3, 0.4) is 0 Å². The lowest BCUT2D eigenvalue weighted by molar-refractivity contribution is 0.0519. The minimum atomic E-state index is -1.26. The molecule has 0 atom stereocenters. The average molecular weight is 225 g/mol. The van der Waals surface area contributed by atoms with Crippen molar-refractivity contribution in [3.8, 4) is 0 Å². The predicted octanol–water partition coefficient (Wildman–Crippen LogP) is 1.01. The first-order valence-corrected chi connectivity index (χ1v) is 4.61. The number of carboxylic acids is 1. The number of aldehydes is 1. The highest BCUT2D eigenvalue weighted by Gasteiger charge is 2.23. The van der Waals surface area contributed by atoms with Crippen molar-refractivity contribution in [2.24, 2.45) is 0 Å². The third-order valence-electron chi connectivity index (χ3n) is 2.09. The lowest BCUT2D eigenvalue weighted by atomic mass is 10.1. The Balaban J connectivity index is 3.28. The number of esters is 1. The number of carbonyl (C=O) groups excluding carboxylic acids is 2. The van der Waals surface area contributed by atoms with Gasteiger partial charge in [0.2, 0.25) is 0 Å². The zero-order valence-corrected chi connectivity index (χ0v) is 8.86. The number of carbonyl (C=O) groups is 3. The Morgan fingerprint density at radius 2 is 2.12 bits per heavy atom. The first-order chi connectivity index (χ1) is 7.52. The van der Waals surface area contributed by atoms with Crippen molar-refractivity contribution in [1.82, 2.24) is 4.98 Å². The Hall–Kier alpha value is -2.11. The second-order valence-corrected chi connectivity index (χ2v) is 3.06. The number of H-pyrrole nitrogens is 1. The Labute approximate surface area is 91.2 Å². The highest BCUT2D eigenvalue weighted by molar-refractivity contribution is 6.02. The van der Waals surface area contributed by atoms with Crippen LogP contribution in [0.5, 0.6) is 0 Å². The van der Waals surface area contributed by atoms with Crippen molar-refractivity contribution in [2.45, 2.75) is 13.8 Å². The monoisotopic (exact) mass is 225 g/mol. The average Bonchev–Trinajstić information content (AvgIpc) is 2.55. The van der Waals surface area contributed by atoms with Crippen LogP contribution in [0.1, 0.15) is 43.8 Å². The molecule has 1 rings (SSSR count). The molecule has 0 fully saturated rings. The fourth-order valence-electron chi connectivity index (χ4n) is 1.39. The number of carboxylic acid groups (broad SMARTS) is 1. The predicted molar refractivity (Wildman–Crippen MR) is 53.8 cm³/mol. The van der Waals surface area contributed by atoms with E-state index in [1.165, 1.54) is 6.92 Å². The van der Waals surface area contributed by atoms with Crippen LogP contribution in [0.2, 0.25) is 0 Å². The summed E-state index contributed by atoms with van der Waals surface area (Å²) in [6.45, 7) is 3.25. The van der Waals surface area contributed by atoms with Crippen LogP contribution in [0.4, 0.5) is 0 Å². The first-order valence-electron chi connectivity index (χ1n) is 4.61. The van der Waals surface area contributed by atoms with E-state index in [2.05, 4.69) is 4.98 Å². The zero-order valence-electron chi connectivity index (χ0n) is 8.86. The summed E-state index contributed by atoms with van der Waals surface area (Å²) in [6, 6.07) is 0. The molecule has 2 N–H and O–H groups in total. The molecular weight excluding hydrogens is 214 g/mol. The van der Waals surface area contributed by atoms with Crippen LogP contribution >= 0.6 is 0 Å². The number of rotatable bonds is 4. The molecule has 0 unspecified atom stereocenters. The molecule has 0 aliphatic rings. The third-order valence-corrected chi connectivity index (χ3v) is 2.09. The molecule has 6 heteroatoms. The fraction of sp³-hybridized carbons (Fsp3) is 0.300. The molecule has 0 aromatic carbocycles. The highest BCUT2D eigenvalue weighted by atomic mass is 16.5. The summed E-state index contributed by atoms with van der Waals surface area (Å²) in [5, 5.41) is 8.87. The number of hydrogen-bond acceptors (Lipinski definition) is 4. The highest BCUT2D eigenvalue weighted by Crippen LogP contribution is 2.18. The molecule has 86 valence electrons. The molecule has 6 nitrogen and oxygen atoms in total. The number of aromatic carboxylic acids is 1. The minimum Gasteiger partial charge on any atom is -0.478 e. The molecule has 0 aliphatic heterocycles. The molecule has 1 aromatic heterocycles. The van der Waals surface area contributed by atoms with Gasteiger partial charge in [0, 0.05) is 0 Å². The van der Waals surface area contributed by atoms with Gasteiger partial charge >= 0.3 is 11.9 Å². The standard InChI is InChI=1S/C10H11NO5/c1-3-16-10(15)8-5(2)7(9(13)14)6(4-12)11-8/h4,11H,3H2,1-2H3,(H,13,14). The summed E-state index contributed by atoms with van der Waals surface area (Å²) in [6.07, 6.45) is 0.360. The second-order valence-electron chi connectivity index (χ2n) is 3.06. The summed E-state index contributed by atoms with van der Waals surface area (Å²) in [5.74, 6) is -1.93. The van der Waals surface area contributed by atoms with Gasteiger partial charge in [-0.05, 0) is 19.4 Å². The second kappa shape index (κ2) is 4.61. The van der Waals surface area contributed by atoms with Gasteiger partial charge in [0.15, 0.2) is 6.29 Å². The Kier molecular flexibility index (Phi) is 3.44. The van der Waals surface area contributed by atoms with E-state index in [0.717, 1.165) is 0 Å². The van der Waals surface area contributed by atoms with Gasteiger partial charge in [-0.25, -0.2) is 9.59 Å². The number of hydrogen-bond donors (Lipinski definition) is 2. The van der Waals surface area contributed by atoms with Gasteiger partial charge in [0.05, 0.1) is 17.9 Å². The summed E-state index contributed by atoms with van der Waals surface area (Å²) >= 11 is 0. The van der Waals surface area contributed by atoms with Gasteiger partial charge < -0.3 is 14.8 Å². The molecule has 0 saturated carbocycles. The SMILES string of the molecule is CCOC(=O)c1[nH]c(C=O)c(C(=O)O)c1C.